The lowest BCUT2D eigenvalue weighted by molar-refractivity contribution is 0.313. The van der Waals surface area contributed by atoms with Crippen molar-refractivity contribution >= 4 is 0 Å². The van der Waals surface area contributed by atoms with Gasteiger partial charge in [-0.2, -0.15) is 0 Å². The number of benzene rings is 1. The third-order valence-electron chi connectivity index (χ3n) is 4.00. The van der Waals surface area contributed by atoms with Gasteiger partial charge in [-0.3, -0.25) is 9.69 Å². The minimum absolute atomic E-state index is 0.00186. The first-order chi connectivity index (χ1) is 11.6. The number of aromatic hydroxyl groups is 1. The van der Waals surface area contributed by atoms with Crippen LogP contribution in [-0.2, 0) is 6.54 Å². The van der Waals surface area contributed by atoms with Crippen LogP contribution in [0.4, 0.5) is 0 Å². The van der Waals surface area contributed by atoms with Crippen LogP contribution in [0, 0.1) is 0 Å². The van der Waals surface area contributed by atoms with Gasteiger partial charge in [0.25, 0.3) is 0 Å². The predicted octanol–water partition coefficient (Wildman–Crippen LogP) is 3.34. The Balaban J connectivity index is 2.42. The molecule has 0 radical (unpaired) electrons. The molecule has 0 aliphatic heterocycles. The number of rotatable bonds is 8. The van der Waals surface area contributed by atoms with Gasteiger partial charge in [0, 0.05) is 31.4 Å². The van der Waals surface area contributed by atoms with Crippen LogP contribution in [0.3, 0.4) is 0 Å². The summed E-state index contributed by atoms with van der Waals surface area (Å²) >= 11 is 0. The van der Waals surface area contributed by atoms with Crippen molar-refractivity contribution in [3.05, 3.63) is 89.4 Å². The molecule has 126 valence electrons. The Morgan fingerprint density at radius 3 is 2.42 bits per heavy atom. The monoisotopic (exact) mass is 324 g/mol. The second-order valence-electron chi connectivity index (χ2n) is 5.78. The Bertz CT molecular complexity index is 740. The minimum atomic E-state index is -0.362. The molecule has 1 atom stereocenters. The van der Waals surface area contributed by atoms with Gasteiger partial charge in [-0.05, 0) is 12.5 Å². The van der Waals surface area contributed by atoms with Crippen LogP contribution in [0.25, 0.3) is 0 Å². The summed E-state index contributed by atoms with van der Waals surface area (Å²) in [6.07, 6.45) is 5.18. The molecule has 4 nitrogen and oxygen atoms in total. The Labute approximate surface area is 143 Å². The lowest BCUT2D eigenvalue weighted by Crippen LogP contribution is -2.27. The molecule has 0 bridgehead atoms. The summed E-state index contributed by atoms with van der Waals surface area (Å²) in [5, 5.41) is 9.88. The van der Waals surface area contributed by atoms with Crippen molar-refractivity contribution in [3.8, 4) is 5.75 Å². The fraction of sp³-hybridized carbons (Fsp3) is 0.250. The van der Waals surface area contributed by atoms with E-state index in [9.17, 15) is 9.90 Å². The summed E-state index contributed by atoms with van der Waals surface area (Å²) in [6.45, 7) is 11.6. The molecule has 0 amide bonds. The fourth-order valence-electron chi connectivity index (χ4n) is 2.76. The highest BCUT2D eigenvalue weighted by Crippen LogP contribution is 2.21. The Morgan fingerprint density at radius 1 is 1.21 bits per heavy atom. The summed E-state index contributed by atoms with van der Waals surface area (Å²) in [6, 6.07) is 11.5. The van der Waals surface area contributed by atoms with Crippen molar-refractivity contribution in [3.63, 3.8) is 0 Å². The Hall–Kier alpha value is -2.59. The topological polar surface area (TPSA) is 45.5 Å². The highest BCUT2D eigenvalue weighted by molar-refractivity contribution is 5.26. The van der Waals surface area contributed by atoms with Crippen LogP contribution < -0.4 is 5.43 Å². The number of hydrogen-bond acceptors (Lipinski definition) is 3. The lowest BCUT2D eigenvalue weighted by Gasteiger charge is -2.25. The van der Waals surface area contributed by atoms with Crippen LogP contribution in [-0.4, -0.2) is 27.7 Å². The Kier molecular flexibility index (Phi) is 6.15. The van der Waals surface area contributed by atoms with Crippen molar-refractivity contribution < 1.29 is 5.11 Å². The van der Waals surface area contributed by atoms with Gasteiger partial charge in [0.2, 0.25) is 5.43 Å². The first-order valence-electron chi connectivity index (χ1n) is 8.00. The molecular formula is C20H24N2O2. The molecule has 1 aromatic heterocycles. The molecule has 0 aliphatic carbocycles. The zero-order valence-electron chi connectivity index (χ0n) is 14.1. The van der Waals surface area contributed by atoms with Gasteiger partial charge < -0.3 is 9.67 Å². The van der Waals surface area contributed by atoms with Crippen molar-refractivity contribution in [2.45, 2.75) is 19.5 Å². The molecule has 24 heavy (non-hydrogen) atoms. The van der Waals surface area contributed by atoms with E-state index in [1.807, 2.05) is 54.0 Å². The Morgan fingerprint density at radius 2 is 1.83 bits per heavy atom. The first kappa shape index (κ1) is 17.8. The van der Waals surface area contributed by atoms with Gasteiger partial charge in [-0.25, -0.2) is 0 Å². The molecule has 0 saturated heterocycles. The molecular weight excluding hydrogens is 300 g/mol. The normalized spacial score (nSPS) is 12.1. The lowest BCUT2D eigenvalue weighted by atomic mass is 10.1. The van der Waals surface area contributed by atoms with Gasteiger partial charge >= 0.3 is 0 Å². The molecule has 1 unspecified atom stereocenters. The molecule has 1 N–H and O–H groups in total. The maximum atomic E-state index is 11.9. The molecule has 2 aromatic rings. The SMILES string of the molecule is C=CCN(CC=C)Cc1cc(=O)c(O)cn1C(C)c1ccccc1. The smallest absolute Gasteiger partial charge is 0.223 e. The van der Waals surface area contributed by atoms with E-state index in [0.29, 0.717) is 19.6 Å². The number of pyridine rings is 1. The minimum Gasteiger partial charge on any atom is -0.503 e. The van der Waals surface area contributed by atoms with Crippen LogP contribution in [0.15, 0.2) is 72.7 Å². The van der Waals surface area contributed by atoms with E-state index in [-0.39, 0.29) is 17.2 Å². The maximum absolute atomic E-state index is 11.9. The van der Waals surface area contributed by atoms with Gasteiger partial charge in [0.05, 0.1) is 12.2 Å². The average molecular weight is 324 g/mol. The summed E-state index contributed by atoms with van der Waals surface area (Å²) in [4.78, 5) is 14.1. The molecule has 2 rings (SSSR count). The summed E-state index contributed by atoms with van der Waals surface area (Å²) in [5.74, 6) is -0.236. The van der Waals surface area contributed by atoms with Crippen molar-refractivity contribution in [1.82, 2.24) is 9.47 Å². The third-order valence-corrected chi connectivity index (χ3v) is 4.00. The molecule has 0 saturated carbocycles. The van der Waals surface area contributed by atoms with E-state index in [1.165, 1.54) is 12.3 Å². The number of aromatic nitrogens is 1. The van der Waals surface area contributed by atoms with E-state index in [2.05, 4.69) is 18.1 Å². The van der Waals surface area contributed by atoms with E-state index in [0.717, 1.165) is 11.3 Å². The standard InChI is InChI=1S/C20H24N2O2/c1-4-11-21(12-5-2)14-18-13-19(23)20(24)15-22(18)16(3)17-9-7-6-8-10-17/h4-10,13,15-16,24H,1-2,11-12,14H2,3H3. The summed E-state index contributed by atoms with van der Waals surface area (Å²) in [5.41, 5.74) is 1.59. The molecule has 0 fully saturated rings. The molecule has 0 spiro atoms. The van der Waals surface area contributed by atoms with Crippen LogP contribution in [0.1, 0.15) is 24.2 Å². The van der Waals surface area contributed by atoms with Crippen molar-refractivity contribution in [2.75, 3.05) is 13.1 Å². The highest BCUT2D eigenvalue weighted by atomic mass is 16.3. The largest absolute Gasteiger partial charge is 0.503 e. The quantitative estimate of drug-likeness (QED) is 0.758. The fourth-order valence-corrected chi connectivity index (χ4v) is 2.76. The van der Waals surface area contributed by atoms with E-state index < -0.39 is 0 Å². The molecule has 1 heterocycles. The van der Waals surface area contributed by atoms with Crippen molar-refractivity contribution in [2.24, 2.45) is 0 Å². The van der Waals surface area contributed by atoms with E-state index in [1.54, 1.807) is 0 Å². The number of hydrogen-bond donors (Lipinski definition) is 1. The molecule has 0 aliphatic rings. The first-order valence-corrected chi connectivity index (χ1v) is 8.00. The molecule has 4 heteroatoms. The van der Waals surface area contributed by atoms with Gasteiger partial charge in [-0.1, -0.05) is 42.5 Å². The second kappa shape index (κ2) is 8.31. The third kappa shape index (κ3) is 4.24. The van der Waals surface area contributed by atoms with Crippen LogP contribution in [0.5, 0.6) is 5.75 Å². The van der Waals surface area contributed by atoms with Gasteiger partial charge in [0.1, 0.15) is 0 Å². The highest BCUT2D eigenvalue weighted by Gasteiger charge is 2.15. The average Bonchev–Trinajstić information content (AvgIpc) is 2.58. The molecule has 1 aromatic carbocycles. The van der Waals surface area contributed by atoms with Crippen molar-refractivity contribution in [1.29, 1.82) is 0 Å². The van der Waals surface area contributed by atoms with E-state index >= 15 is 0 Å². The predicted molar refractivity (Wildman–Crippen MR) is 98.3 cm³/mol. The van der Waals surface area contributed by atoms with Gasteiger partial charge in [0.15, 0.2) is 5.75 Å². The van der Waals surface area contributed by atoms with Crippen LogP contribution >= 0.6 is 0 Å². The number of nitrogens with zero attached hydrogens (tertiary/aromatic N) is 2. The van der Waals surface area contributed by atoms with Crippen LogP contribution in [0.2, 0.25) is 0 Å². The van der Waals surface area contributed by atoms with Gasteiger partial charge in [-0.15, -0.1) is 13.2 Å². The second-order valence-corrected chi connectivity index (χ2v) is 5.78. The zero-order valence-corrected chi connectivity index (χ0v) is 14.1. The summed E-state index contributed by atoms with van der Waals surface area (Å²) < 4.78 is 1.95. The zero-order chi connectivity index (χ0) is 17.5. The van der Waals surface area contributed by atoms with E-state index in [4.69, 9.17) is 0 Å². The summed E-state index contributed by atoms with van der Waals surface area (Å²) in [7, 11) is 0. The maximum Gasteiger partial charge on any atom is 0.223 e.